The predicted molar refractivity (Wildman–Crippen MR) is 86.8 cm³/mol. The van der Waals surface area contributed by atoms with E-state index in [0.717, 1.165) is 9.13 Å². The lowest BCUT2D eigenvalue weighted by molar-refractivity contribution is -0.146. The number of esters is 1. The Morgan fingerprint density at radius 3 is 2.85 bits per heavy atom. The van der Waals surface area contributed by atoms with Crippen molar-refractivity contribution in [2.45, 2.75) is 6.42 Å². The Labute approximate surface area is 134 Å². The van der Waals surface area contributed by atoms with Crippen molar-refractivity contribution in [1.82, 2.24) is 0 Å². The third-order valence-corrected chi connectivity index (χ3v) is 3.80. The number of carbonyl (C=O) groups excluding carboxylic acids is 2. The highest BCUT2D eigenvalue weighted by Crippen LogP contribution is 2.12. The van der Waals surface area contributed by atoms with Crippen LogP contribution >= 0.6 is 33.9 Å². The summed E-state index contributed by atoms with van der Waals surface area (Å²) in [5.41, 5.74) is 1.59. The summed E-state index contributed by atoms with van der Waals surface area (Å²) in [6.07, 6.45) is 0.194. The Kier molecular flexibility index (Phi) is 5.54. The zero-order chi connectivity index (χ0) is 14.4. The number of halogens is 1. The van der Waals surface area contributed by atoms with Gasteiger partial charge < -0.3 is 10.1 Å². The zero-order valence-electron chi connectivity index (χ0n) is 10.5. The predicted octanol–water partition coefficient (Wildman–Crippen LogP) is 3.08. The van der Waals surface area contributed by atoms with E-state index in [4.69, 9.17) is 4.74 Å². The van der Waals surface area contributed by atoms with Gasteiger partial charge in [0.1, 0.15) is 0 Å². The molecule has 1 N–H and O–H groups in total. The summed E-state index contributed by atoms with van der Waals surface area (Å²) in [6.45, 7) is -0.269. The first kappa shape index (κ1) is 15.0. The molecular weight excluding hydrogens is 389 g/mol. The van der Waals surface area contributed by atoms with E-state index in [1.54, 1.807) is 6.07 Å². The van der Waals surface area contributed by atoms with Gasteiger partial charge in [0.2, 0.25) is 0 Å². The smallest absolute Gasteiger partial charge is 0.310 e. The highest BCUT2D eigenvalue weighted by molar-refractivity contribution is 14.1. The molecular formula is C14H12INO3S. The minimum atomic E-state index is -0.402. The van der Waals surface area contributed by atoms with Gasteiger partial charge in [0.25, 0.3) is 5.91 Å². The van der Waals surface area contributed by atoms with Crippen molar-refractivity contribution < 1.29 is 14.3 Å². The molecule has 0 spiro atoms. The highest BCUT2D eigenvalue weighted by atomic mass is 127. The first-order valence-electron chi connectivity index (χ1n) is 5.85. The van der Waals surface area contributed by atoms with Gasteiger partial charge >= 0.3 is 5.97 Å². The molecule has 4 nitrogen and oxygen atoms in total. The van der Waals surface area contributed by atoms with Gasteiger partial charge in [-0.2, -0.15) is 11.3 Å². The number of carbonyl (C=O) groups is 2. The number of thiophene rings is 1. The molecule has 0 aliphatic rings. The molecule has 1 amide bonds. The molecule has 0 saturated heterocycles. The van der Waals surface area contributed by atoms with E-state index in [1.165, 1.54) is 11.3 Å². The van der Waals surface area contributed by atoms with E-state index < -0.39 is 5.97 Å². The van der Waals surface area contributed by atoms with Gasteiger partial charge in [0, 0.05) is 9.26 Å². The molecule has 1 heterocycles. The van der Waals surface area contributed by atoms with Crippen LogP contribution < -0.4 is 5.32 Å². The number of benzene rings is 1. The minimum Gasteiger partial charge on any atom is -0.455 e. The lowest BCUT2D eigenvalue weighted by atomic mass is 10.2. The fourth-order valence-electron chi connectivity index (χ4n) is 1.52. The van der Waals surface area contributed by atoms with Crippen LogP contribution in [0.25, 0.3) is 0 Å². The summed E-state index contributed by atoms with van der Waals surface area (Å²) < 4.78 is 5.95. The minimum absolute atomic E-state index is 0.194. The molecule has 0 aliphatic heterocycles. The third-order valence-electron chi connectivity index (χ3n) is 2.40. The normalized spacial score (nSPS) is 10.1. The molecule has 6 heteroatoms. The van der Waals surface area contributed by atoms with Gasteiger partial charge in [-0.3, -0.25) is 9.59 Å². The number of ether oxygens (including phenoxy) is 1. The van der Waals surface area contributed by atoms with E-state index >= 15 is 0 Å². The second-order valence-corrected chi connectivity index (χ2v) is 6.05. The second-order valence-electron chi connectivity index (χ2n) is 4.03. The van der Waals surface area contributed by atoms with Crippen LogP contribution in [0.3, 0.4) is 0 Å². The summed E-state index contributed by atoms with van der Waals surface area (Å²) in [7, 11) is 0. The van der Waals surface area contributed by atoms with Crippen LogP contribution in [-0.4, -0.2) is 18.5 Å². The van der Waals surface area contributed by atoms with Crippen LogP contribution in [0.15, 0.2) is 41.1 Å². The van der Waals surface area contributed by atoms with E-state index in [9.17, 15) is 9.59 Å². The van der Waals surface area contributed by atoms with Crippen LogP contribution in [0.1, 0.15) is 5.56 Å². The summed E-state index contributed by atoms with van der Waals surface area (Å²) >= 11 is 3.68. The van der Waals surface area contributed by atoms with Crippen molar-refractivity contribution in [2.75, 3.05) is 11.9 Å². The molecule has 0 radical (unpaired) electrons. The largest absolute Gasteiger partial charge is 0.455 e. The summed E-state index contributed by atoms with van der Waals surface area (Å²) in [6, 6.07) is 9.26. The molecule has 20 heavy (non-hydrogen) atoms. The Hall–Kier alpha value is -1.41. The fourth-order valence-corrected chi connectivity index (χ4v) is 2.73. The van der Waals surface area contributed by atoms with Crippen molar-refractivity contribution in [2.24, 2.45) is 0 Å². The molecule has 0 saturated carbocycles. The van der Waals surface area contributed by atoms with Crippen LogP contribution in [0.2, 0.25) is 0 Å². The Morgan fingerprint density at radius 1 is 1.30 bits per heavy atom. The second kappa shape index (κ2) is 7.39. The maximum atomic E-state index is 11.6. The number of anilines is 1. The van der Waals surface area contributed by atoms with E-state index in [2.05, 4.69) is 27.9 Å². The molecule has 1 aromatic carbocycles. The van der Waals surface area contributed by atoms with Crippen LogP contribution in [0.5, 0.6) is 0 Å². The van der Waals surface area contributed by atoms with Crippen LogP contribution in [-0.2, 0) is 20.7 Å². The topological polar surface area (TPSA) is 55.4 Å². The van der Waals surface area contributed by atoms with Crippen molar-refractivity contribution in [1.29, 1.82) is 0 Å². The van der Waals surface area contributed by atoms with Crippen LogP contribution in [0.4, 0.5) is 5.69 Å². The number of rotatable bonds is 5. The van der Waals surface area contributed by atoms with Gasteiger partial charge in [-0.25, -0.2) is 0 Å². The third kappa shape index (κ3) is 4.93. The monoisotopic (exact) mass is 401 g/mol. The van der Waals surface area contributed by atoms with Gasteiger partial charge in [-0.05, 0) is 63.2 Å². The number of nitrogens with one attached hydrogen (secondary N) is 1. The molecule has 0 atom stereocenters. The maximum absolute atomic E-state index is 11.6. The lowest BCUT2D eigenvalue weighted by Gasteiger charge is -2.06. The van der Waals surface area contributed by atoms with Crippen LogP contribution in [0, 0.1) is 3.57 Å². The summed E-state index contributed by atoms with van der Waals surface area (Å²) in [4.78, 5) is 23.2. The maximum Gasteiger partial charge on any atom is 0.310 e. The SMILES string of the molecule is O=C(COC(=O)Cc1ccsc1)Nc1cccc(I)c1. The van der Waals surface area contributed by atoms with Crippen molar-refractivity contribution >= 4 is 51.5 Å². The number of amides is 1. The van der Waals surface area contributed by atoms with Crippen molar-refractivity contribution in [3.05, 3.63) is 50.2 Å². The molecule has 0 aliphatic carbocycles. The Morgan fingerprint density at radius 2 is 2.15 bits per heavy atom. The van der Waals surface area contributed by atoms with E-state index in [1.807, 2.05) is 35.0 Å². The van der Waals surface area contributed by atoms with Gasteiger partial charge in [0.05, 0.1) is 6.42 Å². The highest BCUT2D eigenvalue weighted by Gasteiger charge is 2.09. The quantitative estimate of drug-likeness (QED) is 0.619. The first-order valence-corrected chi connectivity index (χ1v) is 7.88. The van der Waals surface area contributed by atoms with Gasteiger partial charge in [-0.1, -0.05) is 6.07 Å². The molecule has 0 unspecified atom stereocenters. The lowest BCUT2D eigenvalue weighted by Crippen LogP contribution is -2.21. The Bertz CT molecular complexity index is 598. The van der Waals surface area contributed by atoms with Gasteiger partial charge in [-0.15, -0.1) is 0 Å². The average molecular weight is 401 g/mol. The molecule has 1 aromatic heterocycles. The molecule has 0 bridgehead atoms. The fraction of sp³-hybridized carbons (Fsp3) is 0.143. The molecule has 0 fully saturated rings. The number of hydrogen-bond acceptors (Lipinski definition) is 4. The van der Waals surface area contributed by atoms with Gasteiger partial charge in [0.15, 0.2) is 6.61 Å². The summed E-state index contributed by atoms with van der Waals surface area (Å²) in [5, 5.41) is 6.46. The molecule has 2 aromatic rings. The Balaban J connectivity index is 1.76. The zero-order valence-corrected chi connectivity index (χ0v) is 13.4. The molecule has 104 valence electrons. The van der Waals surface area contributed by atoms with E-state index in [0.29, 0.717) is 5.69 Å². The summed E-state index contributed by atoms with van der Waals surface area (Å²) in [5.74, 6) is -0.744. The standard InChI is InChI=1S/C14H12INO3S/c15-11-2-1-3-12(7-11)16-13(17)8-19-14(18)6-10-4-5-20-9-10/h1-5,7,9H,6,8H2,(H,16,17). The van der Waals surface area contributed by atoms with Crippen molar-refractivity contribution in [3.63, 3.8) is 0 Å². The van der Waals surface area contributed by atoms with E-state index in [-0.39, 0.29) is 18.9 Å². The van der Waals surface area contributed by atoms with Crippen molar-refractivity contribution in [3.8, 4) is 0 Å². The molecule has 2 rings (SSSR count). The first-order chi connectivity index (χ1) is 9.63. The number of hydrogen-bond donors (Lipinski definition) is 1. The average Bonchev–Trinajstić information content (AvgIpc) is 2.89.